The number of fused-ring (bicyclic) bond motifs is 2. The number of nitrogens with two attached hydrogens (primary N) is 1. The molecule has 0 fully saturated rings. The smallest absolute Gasteiger partial charge is 0.251 e. The molecular formula is C23H17ClN8O. The van der Waals surface area contributed by atoms with Gasteiger partial charge in [0.1, 0.15) is 11.8 Å². The minimum Gasteiger partial charge on any atom is -0.382 e. The number of imidazole rings is 1. The monoisotopic (exact) mass is 456 g/mol. The summed E-state index contributed by atoms with van der Waals surface area (Å²) in [5.41, 5.74) is 10.8. The van der Waals surface area contributed by atoms with E-state index in [0.29, 0.717) is 46.2 Å². The maximum Gasteiger partial charge on any atom is 0.251 e. The molecule has 0 saturated carbocycles. The zero-order valence-electron chi connectivity index (χ0n) is 17.2. The fourth-order valence-electron chi connectivity index (χ4n) is 3.73. The van der Waals surface area contributed by atoms with Crippen molar-refractivity contribution in [3.05, 3.63) is 82.5 Å². The lowest BCUT2D eigenvalue weighted by Crippen LogP contribution is -2.22. The number of H-pyrrole nitrogens is 1. The first-order chi connectivity index (χ1) is 16.0. The number of carbonyl (C=O) groups is 1. The minimum atomic E-state index is -0.224. The van der Waals surface area contributed by atoms with Crippen molar-refractivity contribution in [1.82, 2.24) is 29.8 Å². The lowest BCUT2D eigenvalue weighted by atomic mass is 10.1. The fraction of sp³-hybridized carbons (Fsp3) is 0.0870. The summed E-state index contributed by atoms with van der Waals surface area (Å²) in [6.07, 6.45) is 3.08. The van der Waals surface area contributed by atoms with Crippen molar-refractivity contribution in [2.75, 3.05) is 5.73 Å². The summed E-state index contributed by atoms with van der Waals surface area (Å²) in [7, 11) is 0. The van der Waals surface area contributed by atoms with E-state index in [-0.39, 0.29) is 5.91 Å². The van der Waals surface area contributed by atoms with Gasteiger partial charge in [0, 0.05) is 21.7 Å². The number of nitrogen functional groups attached to an aromatic ring is 1. The molecule has 0 bridgehead atoms. The molecule has 4 N–H and O–H groups in total. The summed E-state index contributed by atoms with van der Waals surface area (Å²) >= 11 is 6.37. The van der Waals surface area contributed by atoms with E-state index >= 15 is 0 Å². The van der Waals surface area contributed by atoms with Crippen LogP contribution in [0.4, 0.5) is 5.82 Å². The number of aromatic amines is 1. The van der Waals surface area contributed by atoms with Crippen molar-refractivity contribution in [2.45, 2.75) is 13.1 Å². The van der Waals surface area contributed by atoms with Crippen LogP contribution in [-0.4, -0.2) is 30.4 Å². The second-order valence-corrected chi connectivity index (χ2v) is 7.94. The predicted octanol–water partition coefficient (Wildman–Crippen LogP) is 3.39. The van der Waals surface area contributed by atoms with E-state index in [2.05, 4.69) is 25.3 Å². The molecule has 0 aliphatic heterocycles. The Bertz CT molecular complexity index is 1550. The molecule has 0 unspecified atom stereocenters. The number of amides is 1. The van der Waals surface area contributed by atoms with Crippen LogP contribution in [0.2, 0.25) is 5.02 Å². The van der Waals surface area contributed by atoms with Gasteiger partial charge in [-0.15, -0.1) is 0 Å². The van der Waals surface area contributed by atoms with Gasteiger partial charge in [0.05, 0.1) is 36.6 Å². The van der Waals surface area contributed by atoms with Gasteiger partial charge in [-0.05, 0) is 48.0 Å². The van der Waals surface area contributed by atoms with Crippen molar-refractivity contribution >= 4 is 45.4 Å². The number of hydrogen-bond donors (Lipinski definition) is 3. The van der Waals surface area contributed by atoms with E-state index in [1.807, 2.05) is 28.8 Å². The van der Waals surface area contributed by atoms with Crippen LogP contribution < -0.4 is 11.1 Å². The number of hydrogen-bond acceptors (Lipinski definition) is 6. The standard InChI is InChI=1S/C23H17ClN8O/c24-17-5-15-7-18(9-27-23(33)14-3-1-13(8-25)2-4-14)31-19(15)16(6-17)10-32-12-30-20-21(26)28-11-29-22(20)32/h1-7,11-12,31H,9-10H2,(H,27,33)(H2,26,28,29). The van der Waals surface area contributed by atoms with Gasteiger partial charge in [-0.1, -0.05) is 11.6 Å². The van der Waals surface area contributed by atoms with Crippen LogP contribution in [-0.2, 0) is 13.1 Å². The highest BCUT2D eigenvalue weighted by Gasteiger charge is 2.13. The van der Waals surface area contributed by atoms with Crippen molar-refractivity contribution < 1.29 is 4.79 Å². The highest BCUT2D eigenvalue weighted by atomic mass is 35.5. The molecule has 9 nitrogen and oxygen atoms in total. The summed E-state index contributed by atoms with van der Waals surface area (Å²) in [5, 5.41) is 13.3. The van der Waals surface area contributed by atoms with Gasteiger partial charge in [-0.25, -0.2) is 15.0 Å². The Hall–Kier alpha value is -4.42. The number of benzene rings is 2. The molecule has 162 valence electrons. The summed E-state index contributed by atoms with van der Waals surface area (Å²) in [6.45, 7) is 0.782. The third kappa shape index (κ3) is 3.95. The van der Waals surface area contributed by atoms with Gasteiger partial charge in [0.15, 0.2) is 11.5 Å². The second kappa shape index (κ2) is 8.26. The van der Waals surface area contributed by atoms with Gasteiger partial charge in [-0.3, -0.25) is 4.79 Å². The third-order valence-electron chi connectivity index (χ3n) is 5.32. The number of nitrogens with one attached hydrogen (secondary N) is 2. The van der Waals surface area contributed by atoms with Gasteiger partial charge in [-0.2, -0.15) is 5.26 Å². The Morgan fingerprint density at radius 1 is 1.18 bits per heavy atom. The quantitative estimate of drug-likeness (QED) is 0.370. The Kier molecular flexibility index (Phi) is 5.12. The van der Waals surface area contributed by atoms with E-state index in [1.54, 1.807) is 30.6 Å². The lowest BCUT2D eigenvalue weighted by Gasteiger charge is -2.07. The van der Waals surface area contributed by atoms with Crippen LogP contribution in [0, 0.1) is 11.3 Å². The van der Waals surface area contributed by atoms with E-state index in [9.17, 15) is 4.79 Å². The number of halogens is 1. The molecule has 2 aromatic carbocycles. The lowest BCUT2D eigenvalue weighted by molar-refractivity contribution is 0.0950. The summed E-state index contributed by atoms with van der Waals surface area (Å²) in [5.74, 6) is 0.105. The molecule has 5 rings (SSSR count). The fourth-order valence-corrected chi connectivity index (χ4v) is 3.98. The van der Waals surface area contributed by atoms with Crippen molar-refractivity contribution in [3.8, 4) is 6.07 Å². The normalized spacial score (nSPS) is 11.0. The van der Waals surface area contributed by atoms with Gasteiger partial charge in [0.25, 0.3) is 5.91 Å². The number of nitriles is 1. The van der Waals surface area contributed by atoms with Crippen molar-refractivity contribution in [2.24, 2.45) is 0 Å². The first-order valence-corrected chi connectivity index (χ1v) is 10.4. The molecule has 0 spiro atoms. The Labute approximate surface area is 192 Å². The molecule has 3 heterocycles. The summed E-state index contributed by atoms with van der Waals surface area (Å²) in [4.78, 5) is 28.4. The maximum absolute atomic E-state index is 12.5. The van der Waals surface area contributed by atoms with Crippen LogP contribution >= 0.6 is 11.6 Å². The number of nitrogens with zero attached hydrogens (tertiary/aromatic N) is 5. The molecule has 0 atom stereocenters. The van der Waals surface area contributed by atoms with E-state index < -0.39 is 0 Å². The SMILES string of the molecule is N#Cc1ccc(C(=O)NCc2cc3cc(Cl)cc(Cn4cnc5c(N)ncnc54)c3[nH]2)cc1. The molecule has 3 aromatic heterocycles. The predicted molar refractivity (Wildman–Crippen MR) is 124 cm³/mol. The van der Waals surface area contributed by atoms with Gasteiger partial charge in [0.2, 0.25) is 0 Å². The van der Waals surface area contributed by atoms with Gasteiger partial charge >= 0.3 is 0 Å². The summed E-state index contributed by atoms with van der Waals surface area (Å²) < 4.78 is 1.88. The number of aromatic nitrogens is 5. The van der Waals surface area contributed by atoms with E-state index in [4.69, 9.17) is 22.6 Å². The van der Waals surface area contributed by atoms with Crippen LogP contribution in [0.1, 0.15) is 27.2 Å². The Morgan fingerprint density at radius 2 is 2.00 bits per heavy atom. The first kappa shape index (κ1) is 20.5. The average molecular weight is 457 g/mol. The zero-order valence-corrected chi connectivity index (χ0v) is 18.0. The number of rotatable bonds is 5. The molecule has 0 radical (unpaired) electrons. The molecular weight excluding hydrogens is 440 g/mol. The molecule has 10 heteroatoms. The molecule has 0 aliphatic rings. The van der Waals surface area contributed by atoms with Crippen LogP contribution in [0.15, 0.2) is 55.1 Å². The molecule has 1 amide bonds. The molecule has 0 saturated heterocycles. The topological polar surface area (TPSA) is 138 Å². The average Bonchev–Trinajstić information content (AvgIpc) is 3.42. The van der Waals surface area contributed by atoms with E-state index in [1.165, 1.54) is 6.33 Å². The zero-order chi connectivity index (χ0) is 22.9. The van der Waals surface area contributed by atoms with Crippen LogP contribution in [0.3, 0.4) is 0 Å². The van der Waals surface area contributed by atoms with E-state index in [0.717, 1.165) is 22.2 Å². The highest BCUT2D eigenvalue weighted by molar-refractivity contribution is 6.31. The highest BCUT2D eigenvalue weighted by Crippen LogP contribution is 2.26. The first-order valence-electron chi connectivity index (χ1n) is 10.0. The van der Waals surface area contributed by atoms with Crippen molar-refractivity contribution in [3.63, 3.8) is 0 Å². The minimum absolute atomic E-state index is 0.224. The third-order valence-corrected chi connectivity index (χ3v) is 5.53. The Morgan fingerprint density at radius 3 is 2.79 bits per heavy atom. The van der Waals surface area contributed by atoms with Crippen LogP contribution in [0.5, 0.6) is 0 Å². The largest absolute Gasteiger partial charge is 0.382 e. The molecule has 5 aromatic rings. The van der Waals surface area contributed by atoms with Crippen molar-refractivity contribution in [1.29, 1.82) is 5.26 Å². The maximum atomic E-state index is 12.5. The molecule has 33 heavy (non-hydrogen) atoms. The van der Waals surface area contributed by atoms with Gasteiger partial charge < -0.3 is 20.6 Å². The Balaban J connectivity index is 1.40. The second-order valence-electron chi connectivity index (χ2n) is 7.50. The molecule has 0 aliphatic carbocycles. The summed E-state index contributed by atoms with van der Waals surface area (Å²) in [6, 6.07) is 14.2. The van der Waals surface area contributed by atoms with Crippen LogP contribution in [0.25, 0.3) is 22.1 Å². The number of anilines is 1. The number of carbonyl (C=O) groups excluding carboxylic acids is 1.